The van der Waals surface area contributed by atoms with E-state index in [9.17, 15) is 0 Å². The number of rotatable bonds is 9. The van der Waals surface area contributed by atoms with Crippen LogP contribution in [0.4, 0.5) is 0 Å². The highest BCUT2D eigenvalue weighted by molar-refractivity contribution is 9.11. The summed E-state index contributed by atoms with van der Waals surface area (Å²) in [7, 11) is 2.18. The molecule has 0 aliphatic rings. The van der Waals surface area contributed by atoms with Gasteiger partial charge in [0.25, 0.3) is 0 Å². The van der Waals surface area contributed by atoms with Crippen molar-refractivity contribution in [3.63, 3.8) is 0 Å². The Morgan fingerprint density at radius 3 is 2.62 bits per heavy atom. The van der Waals surface area contributed by atoms with E-state index in [1.807, 2.05) is 13.0 Å². The van der Waals surface area contributed by atoms with Gasteiger partial charge in [-0.3, -0.25) is 0 Å². The molecule has 0 aromatic heterocycles. The smallest absolute Gasteiger partial charge is 0.138 e. The maximum Gasteiger partial charge on any atom is 0.138 e. The van der Waals surface area contributed by atoms with E-state index >= 15 is 0 Å². The summed E-state index contributed by atoms with van der Waals surface area (Å²) in [4.78, 5) is 2.38. The zero-order valence-electron chi connectivity index (χ0n) is 13.4. The van der Waals surface area contributed by atoms with Crippen molar-refractivity contribution in [3.8, 4) is 5.75 Å². The fraction of sp³-hybridized carbons (Fsp3) is 0.625. The lowest BCUT2D eigenvalue weighted by Crippen LogP contribution is -2.34. The molecule has 0 fully saturated rings. The lowest BCUT2D eigenvalue weighted by molar-refractivity contribution is 0.251. The third kappa shape index (κ3) is 6.27. The van der Waals surface area contributed by atoms with Crippen LogP contribution in [0.15, 0.2) is 21.1 Å². The first-order chi connectivity index (χ1) is 9.99. The quantitative estimate of drug-likeness (QED) is 0.596. The number of halogens is 2. The van der Waals surface area contributed by atoms with Crippen LogP contribution in [0.5, 0.6) is 5.75 Å². The molecular weight excluding hydrogens is 396 g/mol. The van der Waals surface area contributed by atoms with Gasteiger partial charge in [-0.1, -0.05) is 22.9 Å². The Hall–Kier alpha value is -0.100. The molecule has 0 aliphatic heterocycles. The van der Waals surface area contributed by atoms with Gasteiger partial charge in [0.05, 0.1) is 11.1 Å². The molecule has 0 heterocycles. The maximum absolute atomic E-state index is 5.74. The summed E-state index contributed by atoms with van der Waals surface area (Å²) < 4.78 is 7.79. The van der Waals surface area contributed by atoms with Crippen molar-refractivity contribution < 1.29 is 4.74 Å². The molecule has 21 heavy (non-hydrogen) atoms. The van der Waals surface area contributed by atoms with Crippen LogP contribution >= 0.6 is 31.9 Å². The molecule has 0 radical (unpaired) electrons. The van der Waals surface area contributed by atoms with E-state index in [-0.39, 0.29) is 0 Å². The van der Waals surface area contributed by atoms with Crippen LogP contribution in [0.25, 0.3) is 0 Å². The molecule has 3 nitrogen and oxygen atoms in total. The van der Waals surface area contributed by atoms with Crippen molar-refractivity contribution in [1.82, 2.24) is 10.2 Å². The number of ether oxygens (including phenoxy) is 1. The molecule has 1 aromatic rings. The number of hydrogen-bond donors (Lipinski definition) is 1. The standard InChI is InChI=1S/C16H26Br2N2O/c1-5-12(3)20(4)8-7-19-11-13-9-14(17)10-15(18)16(13)21-6-2/h9-10,12,19H,5-8,11H2,1-4H3. The zero-order valence-corrected chi connectivity index (χ0v) is 16.6. The minimum absolute atomic E-state index is 0.630. The third-order valence-electron chi connectivity index (χ3n) is 3.67. The van der Waals surface area contributed by atoms with Crippen molar-refractivity contribution in [3.05, 3.63) is 26.6 Å². The molecule has 1 rings (SSSR count). The van der Waals surface area contributed by atoms with E-state index < -0.39 is 0 Å². The Balaban J connectivity index is 2.55. The second kappa shape index (κ2) is 9.82. The Morgan fingerprint density at radius 2 is 2.00 bits per heavy atom. The Morgan fingerprint density at radius 1 is 1.29 bits per heavy atom. The van der Waals surface area contributed by atoms with Gasteiger partial charge in [0, 0.05) is 35.7 Å². The first kappa shape index (κ1) is 18.9. The summed E-state index contributed by atoms with van der Waals surface area (Å²) in [5.74, 6) is 0.934. The van der Waals surface area contributed by atoms with Crippen molar-refractivity contribution >= 4 is 31.9 Å². The van der Waals surface area contributed by atoms with Crippen LogP contribution in [0, 0.1) is 0 Å². The SMILES string of the molecule is CCOc1c(Br)cc(Br)cc1CNCCN(C)C(C)CC. The molecule has 1 aromatic carbocycles. The molecule has 5 heteroatoms. The number of hydrogen-bond acceptors (Lipinski definition) is 3. The molecule has 120 valence electrons. The molecule has 0 saturated carbocycles. The predicted molar refractivity (Wildman–Crippen MR) is 97.1 cm³/mol. The van der Waals surface area contributed by atoms with Crippen LogP contribution in [-0.4, -0.2) is 37.7 Å². The Bertz CT molecular complexity index is 441. The molecule has 0 amide bonds. The van der Waals surface area contributed by atoms with Crippen LogP contribution in [0.2, 0.25) is 0 Å². The lowest BCUT2D eigenvalue weighted by atomic mass is 10.2. The normalized spacial score (nSPS) is 12.7. The summed E-state index contributed by atoms with van der Waals surface area (Å²) in [6.45, 7) is 9.99. The number of likely N-dealkylation sites (N-methyl/N-ethyl adjacent to an activating group) is 1. The van der Waals surface area contributed by atoms with E-state index in [0.29, 0.717) is 12.6 Å². The molecule has 0 saturated heterocycles. The monoisotopic (exact) mass is 420 g/mol. The summed E-state index contributed by atoms with van der Waals surface area (Å²) in [5.41, 5.74) is 1.17. The average Bonchev–Trinajstić information content (AvgIpc) is 2.45. The molecule has 1 N–H and O–H groups in total. The molecule has 0 spiro atoms. The van der Waals surface area contributed by atoms with Crippen molar-refractivity contribution in [1.29, 1.82) is 0 Å². The topological polar surface area (TPSA) is 24.5 Å². The molecular formula is C16H26Br2N2O. The van der Waals surface area contributed by atoms with Gasteiger partial charge in [-0.05, 0) is 55.4 Å². The van der Waals surface area contributed by atoms with Gasteiger partial charge in [0.1, 0.15) is 5.75 Å². The highest BCUT2D eigenvalue weighted by Gasteiger charge is 2.10. The van der Waals surface area contributed by atoms with Gasteiger partial charge < -0.3 is 15.0 Å². The van der Waals surface area contributed by atoms with Crippen LogP contribution in [0.3, 0.4) is 0 Å². The van der Waals surface area contributed by atoms with Crippen LogP contribution in [0.1, 0.15) is 32.8 Å². The predicted octanol–water partition coefficient (Wildman–Crippen LogP) is 4.43. The number of nitrogens with zero attached hydrogens (tertiary/aromatic N) is 1. The number of nitrogens with one attached hydrogen (secondary N) is 1. The van der Waals surface area contributed by atoms with Gasteiger partial charge in [-0.25, -0.2) is 0 Å². The molecule has 0 aliphatic carbocycles. The molecule has 1 atom stereocenters. The molecule has 1 unspecified atom stereocenters. The highest BCUT2D eigenvalue weighted by atomic mass is 79.9. The average molecular weight is 422 g/mol. The van der Waals surface area contributed by atoms with Crippen LogP contribution < -0.4 is 10.1 Å². The first-order valence-corrected chi connectivity index (χ1v) is 9.09. The van der Waals surface area contributed by atoms with Gasteiger partial charge in [-0.2, -0.15) is 0 Å². The van der Waals surface area contributed by atoms with E-state index in [1.54, 1.807) is 0 Å². The fourth-order valence-electron chi connectivity index (χ4n) is 2.06. The summed E-state index contributed by atoms with van der Waals surface area (Å²) in [5, 5.41) is 3.50. The second-order valence-corrected chi connectivity index (χ2v) is 6.99. The van der Waals surface area contributed by atoms with E-state index in [0.717, 1.165) is 34.3 Å². The maximum atomic E-state index is 5.74. The number of benzene rings is 1. The minimum Gasteiger partial charge on any atom is -0.492 e. The van der Waals surface area contributed by atoms with Gasteiger partial charge in [0.2, 0.25) is 0 Å². The summed E-state index contributed by atoms with van der Waals surface area (Å²) >= 11 is 7.11. The van der Waals surface area contributed by atoms with Crippen molar-refractivity contribution in [2.24, 2.45) is 0 Å². The third-order valence-corrected chi connectivity index (χ3v) is 4.72. The lowest BCUT2D eigenvalue weighted by Gasteiger charge is -2.23. The van der Waals surface area contributed by atoms with Crippen LogP contribution in [-0.2, 0) is 6.54 Å². The van der Waals surface area contributed by atoms with Crippen molar-refractivity contribution in [2.45, 2.75) is 39.8 Å². The fourth-order valence-corrected chi connectivity index (χ4v) is 3.49. The molecule has 0 bridgehead atoms. The summed E-state index contributed by atoms with van der Waals surface area (Å²) in [6, 6.07) is 4.76. The summed E-state index contributed by atoms with van der Waals surface area (Å²) in [6.07, 6.45) is 1.18. The van der Waals surface area contributed by atoms with Gasteiger partial charge >= 0.3 is 0 Å². The van der Waals surface area contributed by atoms with E-state index in [1.165, 1.54) is 12.0 Å². The second-order valence-electron chi connectivity index (χ2n) is 5.22. The highest BCUT2D eigenvalue weighted by Crippen LogP contribution is 2.32. The Kier molecular flexibility index (Phi) is 8.86. The zero-order chi connectivity index (χ0) is 15.8. The van der Waals surface area contributed by atoms with E-state index in [2.05, 4.69) is 69.0 Å². The van der Waals surface area contributed by atoms with Crippen molar-refractivity contribution in [2.75, 3.05) is 26.7 Å². The minimum atomic E-state index is 0.630. The first-order valence-electron chi connectivity index (χ1n) is 7.51. The van der Waals surface area contributed by atoms with Gasteiger partial charge in [0.15, 0.2) is 0 Å². The largest absolute Gasteiger partial charge is 0.492 e. The Labute approximate surface area is 145 Å². The van der Waals surface area contributed by atoms with E-state index in [4.69, 9.17) is 4.74 Å². The van der Waals surface area contributed by atoms with Gasteiger partial charge in [-0.15, -0.1) is 0 Å².